The molecular weight excluding hydrogens is 196 g/mol. The van der Waals surface area contributed by atoms with Crippen molar-refractivity contribution in [2.45, 2.75) is 25.8 Å². The van der Waals surface area contributed by atoms with Gasteiger partial charge in [0.15, 0.2) is 0 Å². The summed E-state index contributed by atoms with van der Waals surface area (Å²) in [6.07, 6.45) is 2.63. The molecule has 0 bridgehead atoms. The lowest BCUT2D eigenvalue weighted by molar-refractivity contribution is -0.132. The Morgan fingerprint density at radius 1 is 1.57 bits per heavy atom. The number of nitrogens with one attached hydrogen (secondary N) is 1. The lowest BCUT2D eigenvalue weighted by Gasteiger charge is -2.23. The van der Waals surface area contributed by atoms with Crippen LogP contribution in [0.25, 0.3) is 0 Å². The summed E-state index contributed by atoms with van der Waals surface area (Å²) in [4.78, 5) is 14.0. The summed E-state index contributed by atoms with van der Waals surface area (Å²) >= 11 is 1.81. The van der Waals surface area contributed by atoms with E-state index in [1.165, 1.54) is 12.8 Å². The molecule has 1 amide bonds. The molecule has 0 aromatic carbocycles. The Hall–Kier alpha value is -0.220. The van der Waals surface area contributed by atoms with Crippen LogP contribution >= 0.6 is 11.8 Å². The summed E-state index contributed by atoms with van der Waals surface area (Å²) in [7, 11) is 0. The molecule has 2 fully saturated rings. The number of hydrogen-bond acceptors (Lipinski definition) is 3. The fraction of sp³-hybridized carbons (Fsp3) is 0.900. The summed E-state index contributed by atoms with van der Waals surface area (Å²) < 4.78 is 0. The van der Waals surface area contributed by atoms with E-state index in [0.717, 1.165) is 30.6 Å². The van der Waals surface area contributed by atoms with Crippen LogP contribution in [0, 0.1) is 5.92 Å². The first-order valence-corrected chi connectivity index (χ1v) is 6.56. The van der Waals surface area contributed by atoms with Gasteiger partial charge in [0.2, 0.25) is 5.91 Å². The third kappa shape index (κ3) is 2.42. The van der Waals surface area contributed by atoms with Crippen LogP contribution in [0.2, 0.25) is 0 Å². The first-order chi connectivity index (χ1) is 6.81. The number of hydrogen-bond donors (Lipinski definition) is 1. The standard InChI is InChI=1S/C10H18N2OS/c1-2-12(5-8-3-4-8)10(13)9-6-14-7-11-9/h8-9,11H,2-7H2,1H3. The third-order valence-corrected chi connectivity index (χ3v) is 3.82. The number of carbonyl (C=O) groups excluding carboxylic acids is 1. The molecule has 1 saturated heterocycles. The van der Waals surface area contributed by atoms with E-state index in [0.29, 0.717) is 5.91 Å². The van der Waals surface area contributed by atoms with Crippen molar-refractivity contribution in [3.63, 3.8) is 0 Å². The van der Waals surface area contributed by atoms with Gasteiger partial charge < -0.3 is 4.90 Å². The zero-order chi connectivity index (χ0) is 9.97. The highest BCUT2D eigenvalue weighted by molar-refractivity contribution is 7.99. The zero-order valence-electron chi connectivity index (χ0n) is 8.66. The van der Waals surface area contributed by atoms with Crippen molar-refractivity contribution in [2.24, 2.45) is 5.92 Å². The highest BCUT2D eigenvalue weighted by Crippen LogP contribution is 2.30. The Morgan fingerprint density at radius 2 is 2.36 bits per heavy atom. The van der Waals surface area contributed by atoms with Crippen molar-refractivity contribution in [3.05, 3.63) is 0 Å². The van der Waals surface area contributed by atoms with Crippen LogP contribution in [0.5, 0.6) is 0 Å². The molecule has 4 heteroatoms. The van der Waals surface area contributed by atoms with E-state index >= 15 is 0 Å². The van der Waals surface area contributed by atoms with Gasteiger partial charge in [0.25, 0.3) is 0 Å². The number of rotatable bonds is 4. The van der Waals surface area contributed by atoms with Gasteiger partial charge in [0.1, 0.15) is 0 Å². The van der Waals surface area contributed by atoms with E-state index in [4.69, 9.17) is 0 Å². The molecule has 2 rings (SSSR count). The number of carbonyl (C=O) groups is 1. The second-order valence-electron chi connectivity index (χ2n) is 4.09. The molecule has 0 aromatic heterocycles. The molecule has 3 nitrogen and oxygen atoms in total. The SMILES string of the molecule is CCN(CC1CC1)C(=O)C1CSCN1. The van der Waals surface area contributed by atoms with Gasteiger partial charge in [-0.15, -0.1) is 11.8 Å². The fourth-order valence-corrected chi connectivity index (χ4v) is 2.69. The van der Waals surface area contributed by atoms with Crippen molar-refractivity contribution < 1.29 is 4.79 Å². The minimum absolute atomic E-state index is 0.0821. The van der Waals surface area contributed by atoms with Gasteiger partial charge in [-0.1, -0.05) is 0 Å². The van der Waals surface area contributed by atoms with Crippen LogP contribution in [0.15, 0.2) is 0 Å². The maximum atomic E-state index is 12.0. The predicted molar refractivity (Wildman–Crippen MR) is 59.2 cm³/mol. The molecular formula is C10H18N2OS. The Balaban J connectivity index is 1.85. The smallest absolute Gasteiger partial charge is 0.240 e. The molecule has 1 aliphatic carbocycles. The van der Waals surface area contributed by atoms with Gasteiger partial charge in [-0.05, 0) is 25.7 Å². The van der Waals surface area contributed by atoms with Gasteiger partial charge in [0, 0.05) is 24.7 Å². The van der Waals surface area contributed by atoms with Crippen LogP contribution < -0.4 is 5.32 Å². The van der Waals surface area contributed by atoms with Crippen molar-refractivity contribution in [3.8, 4) is 0 Å². The summed E-state index contributed by atoms with van der Waals surface area (Å²) in [6.45, 7) is 3.92. The van der Waals surface area contributed by atoms with Gasteiger partial charge >= 0.3 is 0 Å². The van der Waals surface area contributed by atoms with Gasteiger partial charge in [-0.3, -0.25) is 10.1 Å². The third-order valence-electron chi connectivity index (χ3n) is 2.88. The topological polar surface area (TPSA) is 32.3 Å². The van der Waals surface area contributed by atoms with Crippen molar-refractivity contribution in [2.75, 3.05) is 24.7 Å². The molecule has 1 aliphatic heterocycles. The molecule has 1 heterocycles. The van der Waals surface area contributed by atoms with E-state index in [-0.39, 0.29) is 6.04 Å². The maximum absolute atomic E-state index is 12.0. The molecule has 1 N–H and O–H groups in total. The van der Waals surface area contributed by atoms with Gasteiger partial charge in [-0.25, -0.2) is 0 Å². The molecule has 0 radical (unpaired) electrons. The molecule has 1 atom stereocenters. The van der Waals surface area contributed by atoms with Crippen molar-refractivity contribution in [1.82, 2.24) is 10.2 Å². The molecule has 0 spiro atoms. The second-order valence-corrected chi connectivity index (χ2v) is 5.12. The minimum Gasteiger partial charge on any atom is -0.341 e. The second kappa shape index (κ2) is 4.53. The maximum Gasteiger partial charge on any atom is 0.240 e. The van der Waals surface area contributed by atoms with E-state index in [9.17, 15) is 4.79 Å². The summed E-state index contributed by atoms with van der Waals surface area (Å²) in [5, 5.41) is 3.24. The molecule has 14 heavy (non-hydrogen) atoms. The van der Waals surface area contributed by atoms with E-state index < -0.39 is 0 Å². The van der Waals surface area contributed by atoms with Crippen LogP contribution in [0.4, 0.5) is 0 Å². The molecule has 0 aromatic rings. The number of thioether (sulfide) groups is 1. The van der Waals surface area contributed by atoms with E-state index in [1.807, 2.05) is 16.7 Å². The number of amides is 1. The van der Waals surface area contributed by atoms with Crippen LogP contribution in [0.3, 0.4) is 0 Å². The Labute approximate surface area is 89.6 Å². The zero-order valence-corrected chi connectivity index (χ0v) is 9.48. The minimum atomic E-state index is 0.0821. The van der Waals surface area contributed by atoms with Gasteiger partial charge in [-0.2, -0.15) is 0 Å². The number of likely N-dealkylation sites (N-methyl/N-ethyl adjacent to an activating group) is 1. The lowest BCUT2D eigenvalue weighted by Crippen LogP contribution is -2.45. The van der Waals surface area contributed by atoms with E-state index in [2.05, 4.69) is 12.2 Å². The molecule has 2 aliphatic rings. The van der Waals surface area contributed by atoms with Crippen LogP contribution in [-0.2, 0) is 4.79 Å². The van der Waals surface area contributed by atoms with Crippen molar-refractivity contribution in [1.29, 1.82) is 0 Å². The normalized spacial score (nSPS) is 26.5. The van der Waals surface area contributed by atoms with E-state index in [1.54, 1.807) is 0 Å². The first-order valence-electron chi connectivity index (χ1n) is 5.41. The predicted octanol–water partition coefficient (Wildman–Crippen LogP) is 0.907. The average molecular weight is 214 g/mol. The summed E-state index contributed by atoms with van der Waals surface area (Å²) in [5.41, 5.74) is 0. The highest BCUT2D eigenvalue weighted by Gasteiger charge is 2.30. The molecule has 1 saturated carbocycles. The fourth-order valence-electron chi connectivity index (χ4n) is 1.76. The molecule has 1 unspecified atom stereocenters. The molecule has 80 valence electrons. The summed E-state index contributed by atoms with van der Waals surface area (Å²) in [5.74, 6) is 2.98. The number of nitrogens with zero attached hydrogens (tertiary/aromatic N) is 1. The monoisotopic (exact) mass is 214 g/mol. The summed E-state index contributed by atoms with van der Waals surface area (Å²) in [6, 6.07) is 0.0821. The van der Waals surface area contributed by atoms with Crippen LogP contribution in [0.1, 0.15) is 19.8 Å². The quantitative estimate of drug-likeness (QED) is 0.755. The first kappa shape index (κ1) is 10.3. The Kier molecular flexibility index (Phi) is 3.34. The van der Waals surface area contributed by atoms with Crippen molar-refractivity contribution >= 4 is 17.7 Å². The Bertz CT molecular complexity index is 212. The largest absolute Gasteiger partial charge is 0.341 e. The van der Waals surface area contributed by atoms with Gasteiger partial charge in [0.05, 0.1) is 6.04 Å². The highest BCUT2D eigenvalue weighted by atomic mass is 32.2. The average Bonchev–Trinajstić information content (AvgIpc) is 2.84. The lowest BCUT2D eigenvalue weighted by atomic mass is 10.2. The van der Waals surface area contributed by atoms with Crippen LogP contribution in [-0.4, -0.2) is 41.6 Å². The Morgan fingerprint density at radius 3 is 2.86 bits per heavy atom.